The number of benzene rings is 1. The molecule has 0 bridgehead atoms. The molecule has 1 N–H and O–H groups in total. The van der Waals surface area contributed by atoms with Crippen LogP contribution in [0.15, 0.2) is 24.3 Å². The Hall–Kier alpha value is -1.06. The minimum Gasteiger partial charge on any atom is -0.395 e. The lowest BCUT2D eigenvalue weighted by Gasteiger charge is -2.28. The Morgan fingerprint density at radius 1 is 1.39 bits per heavy atom. The number of amides is 1. The summed E-state index contributed by atoms with van der Waals surface area (Å²) in [5.41, 5.74) is 0.600. The van der Waals surface area contributed by atoms with E-state index in [1.165, 1.54) is 0 Å². The molecule has 98 valence electrons. The van der Waals surface area contributed by atoms with Crippen molar-refractivity contribution in [2.75, 3.05) is 13.2 Å². The first kappa shape index (κ1) is 13.4. The topological polar surface area (TPSA) is 40.5 Å². The number of aliphatic hydroxyl groups excluding tert-OH is 1. The van der Waals surface area contributed by atoms with Crippen molar-refractivity contribution in [2.45, 2.75) is 31.7 Å². The zero-order valence-corrected chi connectivity index (χ0v) is 11.1. The van der Waals surface area contributed by atoms with Gasteiger partial charge in [0.1, 0.15) is 0 Å². The number of nitrogens with zero attached hydrogens (tertiary/aromatic N) is 1. The Balaban J connectivity index is 2.17. The van der Waals surface area contributed by atoms with E-state index >= 15 is 0 Å². The molecule has 0 aliphatic heterocycles. The number of hydrogen-bond donors (Lipinski definition) is 1. The van der Waals surface area contributed by atoms with Crippen LogP contribution in [0.3, 0.4) is 0 Å². The van der Waals surface area contributed by atoms with Crippen molar-refractivity contribution in [1.29, 1.82) is 0 Å². The van der Waals surface area contributed by atoms with Gasteiger partial charge in [0.15, 0.2) is 0 Å². The molecule has 3 nitrogen and oxygen atoms in total. The quantitative estimate of drug-likeness (QED) is 0.911. The summed E-state index contributed by atoms with van der Waals surface area (Å²) in [6.45, 7) is 0.402. The van der Waals surface area contributed by atoms with Gasteiger partial charge in [-0.25, -0.2) is 0 Å². The van der Waals surface area contributed by atoms with Gasteiger partial charge in [0, 0.05) is 23.2 Å². The van der Waals surface area contributed by atoms with Crippen molar-refractivity contribution in [3.05, 3.63) is 34.9 Å². The number of carbonyl (C=O) groups excluding carboxylic acids is 1. The molecule has 18 heavy (non-hydrogen) atoms. The third-order valence-corrected chi connectivity index (χ3v) is 3.67. The Morgan fingerprint density at radius 2 is 2.11 bits per heavy atom. The van der Waals surface area contributed by atoms with Gasteiger partial charge in [-0.3, -0.25) is 4.79 Å². The van der Waals surface area contributed by atoms with Crippen molar-refractivity contribution >= 4 is 17.5 Å². The molecular formula is C14H18ClNO2. The largest absolute Gasteiger partial charge is 0.395 e. The monoisotopic (exact) mass is 267 g/mol. The normalized spacial score (nSPS) is 15.9. The second kappa shape index (κ2) is 6.21. The van der Waals surface area contributed by atoms with Crippen LogP contribution in [-0.2, 0) is 0 Å². The molecule has 0 saturated heterocycles. The molecular weight excluding hydrogens is 250 g/mol. The molecule has 1 aliphatic rings. The van der Waals surface area contributed by atoms with Crippen LogP contribution in [0.2, 0.25) is 5.02 Å². The van der Waals surface area contributed by atoms with Crippen molar-refractivity contribution in [2.24, 2.45) is 0 Å². The molecule has 1 aromatic rings. The Bertz CT molecular complexity index is 416. The lowest BCUT2D eigenvalue weighted by atomic mass is 10.1. The van der Waals surface area contributed by atoms with E-state index in [1.54, 1.807) is 29.2 Å². The first-order chi connectivity index (χ1) is 8.72. The molecule has 1 fully saturated rings. The van der Waals surface area contributed by atoms with Crippen LogP contribution >= 0.6 is 11.6 Å². The minimum atomic E-state index is -0.0292. The van der Waals surface area contributed by atoms with E-state index in [0.29, 0.717) is 17.1 Å². The molecule has 2 rings (SSSR count). The van der Waals surface area contributed by atoms with Crippen LogP contribution in [0, 0.1) is 0 Å². The highest BCUT2D eigenvalue weighted by Gasteiger charge is 2.26. The fourth-order valence-electron chi connectivity index (χ4n) is 2.56. The van der Waals surface area contributed by atoms with Crippen LogP contribution in [0.4, 0.5) is 0 Å². The predicted molar refractivity (Wildman–Crippen MR) is 71.8 cm³/mol. The van der Waals surface area contributed by atoms with Gasteiger partial charge in [-0.2, -0.15) is 0 Å². The van der Waals surface area contributed by atoms with E-state index in [4.69, 9.17) is 16.7 Å². The zero-order chi connectivity index (χ0) is 13.0. The lowest BCUT2D eigenvalue weighted by Crippen LogP contribution is -2.40. The van der Waals surface area contributed by atoms with Gasteiger partial charge in [-0.05, 0) is 31.0 Å². The third-order valence-electron chi connectivity index (χ3n) is 3.44. The van der Waals surface area contributed by atoms with Crippen molar-refractivity contribution < 1.29 is 9.90 Å². The maximum atomic E-state index is 12.4. The summed E-state index contributed by atoms with van der Waals surface area (Å²) in [6, 6.07) is 7.26. The standard InChI is InChI=1S/C14H18ClNO2/c15-12-5-3-4-11(10-12)14(18)16(8-9-17)13-6-1-2-7-13/h3-5,10,13,17H,1-2,6-9H2. The van der Waals surface area contributed by atoms with E-state index in [9.17, 15) is 4.79 Å². The van der Waals surface area contributed by atoms with Gasteiger partial charge in [-0.15, -0.1) is 0 Å². The predicted octanol–water partition coefficient (Wildman–Crippen LogP) is 2.72. The van der Waals surface area contributed by atoms with Gasteiger partial charge >= 0.3 is 0 Å². The summed E-state index contributed by atoms with van der Waals surface area (Å²) < 4.78 is 0. The molecule has 0 unspecified atom stereocenters. The molecule has 1 saturated carbocycles. The third kappa shape index (κ3) is 3.03. The minimum absolute atomic E-state index is 0.00278. The number of hydrogen-bond acceptors (Lipinski definition) is 2. The van der Waals surface area contributed by atoms with Crippen LogP contribution < -0.4 is 0 Å². The smallest absolute Gasteiger partial charge is 0.254 e. The van der Waals surface area contributed by atoms with Crippen molar-refractivity contribution in [3.8, 4) is 0 Å². The Morgan fingerprint density at radius 3 is 2.72 bits per heavy atom. The van der Waals surface area contributed by atoms with E-state index in [1.807, 2.05) is 0 Å². The zero-order valence-electron chi connectivity index (χ0n) is 10.3. The average Bonchev–Trinajstić information content (AvgIpc) is 2.89. The maximum Gasteiger partial charge on any atom is 0.254 e. The summed E-state index contributed by atoms with van der Waals surface area (Å²) in [4.78, 5) is 14.2. The van der Waals surface area contributed by atoms with E-state index in [2.05, 4.69) is 0 Å². The van der Waals surface area contributed by atoms with Gasteiger partial charge in [-0.1, -0.05) is 30.5 Å². The van der Waals surface area contributed by atoms with Crippen LogP contribution in [-0.4, -0.2) is 35.1 Å². The van der Waals surface area contributed by atoms with E-state index in [0.717, 1.165) is 25.7 Å². The molecule has 0 atom stereocenters. The molecule has 1 aliphatic carbocycles. The molecule has 1 amide bonds. The highest BCUT2D eigenvalue weighted by molar-refractivity contribution is 6.30. The first-order valence-electron chi connectivity index (χ1n) is 6.40. The maximum absolute atomic E-state index is 12.4. The number of carbonyl (C=O) groups is 1. The lowest BCUT2D eigenvalue weighted by molar-refractivity contribution is 0.0638. The Kier molecular flexibility index (Phi) is 4.61. The first-order valence-corrected chi connectivity index (χ1v) is 6.77. The van der Waals surface area contributed by atoms with Gasteiger partial charge < -0.3 is 10.0 Å². The fraction of sp³-hybridized carbons (Fsp3) is 0.500. The molecule has 0 aromatic heterocycles. The second-order valence-corrected chi connectivity index (χ2v) is 5.11. The molecule has 0 heterocycles. The summed E-state index contributed by atoms with van der Waals surface area (Å²) in [5.74, 6) is -0.0292. The summed E-state index contributed by atoms with van der Waals surface area (Å²) in [5, 5.41) is 9.69. The SMILES string of the molecule is O=C(c1cccc(Cl)c1)N(CCO)C1CCCC1. The van der Waals surface area contributed by atoms with Gasteiger partial charge in [0.2, 0.25) is 0 Å². The Labute approximate surface area is 112 Å². The average molecular weight is 268 g/mol. The highest BCUT2D eigenvalue weighted by atomic mass is 35.5. The van der Waals surface area contributed by atoms with Crippen LogP contribution in [0.5, 0.6) is 0 Å². The van der Waals surface area contributed by atoms with Crippen LogP contribution in [0.25, 0.3) is 0 Å². The number of rotatable bonds is 4. The summed E-state index contributed by atoms with van der Waals surface area (Å²) >= 11 is 5.91. The summed E-state index contributed by atoms with van der Waals surface area (Å²) in [6.07, 6.45) is 4.39. The number of halogens is 1. The molecule has 0 spiro atoms. The molecule has 1 aromatic carbocycles. The van der Waals surface area contributed by atoms with Gasteiger partial charge in [0.25, 0.3) is 5.91 Å². The number of aliphatic hydroxyl groups is 1. The van der Waals surface area contributed by atoms with Crippen molar-refractivity contribution in [1.82, 2.24) is 4.90 Å². The summed E-state index contributed by atoms with van der Waals surface area (Å²) in [7, 11) is 0. The van der Waals surface area contributed by atoms with E-state index in [-0.39, 0.29) is 18.6 Å². The molecule has 0 radical (unpaired) electrons. The van der Waals surface area contributed by atoms with Gasteiger partial charge in [0.05, 0.1) is 6.61 Å². The fourth-order valence-corrected chi connectivity index (χ4v) is 2.75. The highest BCUT2D eigenvalue weighted by Crippen LogP contribution is 2.25. The van der Waals surface area contributed by atoms with Crippen molar-refractivity contribution in [3.63, 3.8) is 0 Å². The second-order valence-electron chi connectivity index (χ2n) is 4.67. The van der Waals surface area contributed by atoms with E-state index < -0.39 is 0 Å². The van der Waals surface area contributed by atoms with Crippen LogP contribution in [0.1, 0.15) is 36.0 Å². The molecule has 4 heteroatoms.